The minimum Gasteiger partial charge on any atom is -0.493 e. The Morgan fingerprint density at radius 1 is 1.36 bits per heavy atom. The molecule has 1 rings (SSSR count). The number of hydrogen-bond acceptors (Lipinski definition) is 4. The molecule has 5 nitrogen and oxygen atoms in total. The monoisotopic (exact) mass is 323 g/mol. The number of rotatable bonds is 10. The molecule has 0 saturated heterocycles. The van der Waals surface area contributed by atoms with Crippen molar-refractivity contribution in [1.82, 2.24) is 5.32 Å². The molecule has 0 spiro atoms. The van der Waals surface area contributed by atoms with Gasteiger partial charge in [0, 0.05) is 18.1 Å². The lowest BCUT2D eigenvalue weighted by Crippen LogP contribution is -2.33. The van der Waals surface area contributed by atoms with Crippen LogP contribution in [0.3, 0.4) is 0 Å². The van der Waals surface area contributed by atoms with Gasteiger partial charge in [0.05, 0.1) is 20.8 Å². The predicted molar refractivity (Wildman–Crippen MR) is 95.3 cm³/mol. The van der Waals surface area contributed by atoms with Gasteiger partial charge >= 0.3 is 0 Å². The summed E-state index contributed by atoms with van der Waals surface area (Å²) >= 11 is 1.79. The van der Waals surface area contributed by atoms with Crippen molar-refractivity contribution in [3.63, 3.8) is 0 Å². The van der Waals surface area contributed by atoms with E-state index in [4.69, 9.17) is 15.2 Å². The highest BCUT2D eigenvalue weighted by Gasteiger charge is 2.04. The first kappa shape index (κ1) is 18.2. The maximum absolute atomic E-state index is 5.82. The van der Waals surface area contributed by atoms with Gasteiger partial charge in [0.25, 0.3) is 0 Å². The van der Waals surface area contributed by atoms with E-state index in [-0.39, 0.29) is 0 Å². The smallest absolute Gasteiger partial charge is 0.188 e. The molecule has 0 aliphatic carbocycles. The summed E-state index contributed by atoms with van der Waals surface area (Å²) in [4.78, 5) is 4.27. The Hall–Kier alpha value is -1.82. The predicted octanol–water partition coefficient (Wildman–Crippen LogP) is 2.07. The molecule has 6 heteroatoms. The van der Waals surface area contributed by atoms with Crippen LogP contribution in [0.15, 0.2) is 35.8 Å². The van der Waals surface area contributed by atoms with Crippen LogP contribution in [0, 0.1) is 0 Å². The van der Waals surface area contributed by atoms with E-state index in [2.05, 4.69) is 16.9 Å². The number of nitrogens with zero attached hydrogens (tertiary/aromatic N) is 1. The lowest BCUT2D eigenvalue weighted by Gasteiger charge is -2.10. The van der Waals surface area contributed by atoms with Crippen LogP contribution in [-0.4, -0.2) is 44.8 Å². The third kappa shape index (κ3) is 6.76. The first-order chi connectivity index (χ1) is 10.7. The topological polar surface area (TPSA) is 68.9 Å². The highest BCUT2D eigenvalue weighted by Crippen LogP contribution is 2.27. The summed E-state index contributed by atoms with van der Waals surface area (Å²) in [5.74, 6) is 3.85. The number of ether oxygens (including phenoxy) is 2. The molecular formula is C16H25N3O2S. The molecule has 0 aliphatic rings. The second-order valence-electron chi connectivity index (χ2n) is 4.50. The molecule has 0 saturated carbocycles. The van der Waals surface area contributed by atoms with Gasteiger partial charge in [-0.3, -0.25) is 4.99 Å². The summed E-state index contributed by atoms with van der Waals surface area (Å²) in [6, 6.07) is 5.89. The highest BCUT2D eigenvalue weighted by atomic mass is 32.2. The third-order valence-corrected chi connectivity index (χ3v) is 3.86. The molecule has 0 unspecified atom stereocenters. The van der Waals surface area contributed by atoms with Crippen LogP contribution in [0.2, 0.25) is 0 Å². The molecule has 0 amide bonds. The van der Waals surface area contributed by atoms with E-state index in [0.717, 1.165) is 41.5 Å². The second kappa shape index (κ2) is 10.8. The summed E-state index contributed by atoms with van der Waals surface area (Å²) < 4.78 is 10.5. The van der Waals surface area contributed by atoms with Crippen molar-refractivity contribution in [2.24, 2.45) is 10.7 Å². The minimum absolute atomic E-state index is 0.486. The Bertz CT molecular complexity index is 492. The molecule has 22 heavy (non-hydrogen) atoms. The molecule has 0 atom stereocenters. The van der Waals surface area contributed by atoms with Gasteiger partial charge < -0.3 is 20.5 Å². The van der Waals surface area contributed by atoms with Gasteiger partial charge in [-0.1, -0.05) is 12.1 Å². The molecule has 0 fully saturated rings. The van der Waals surface area contributed by atoms with E-state index >= 15 is 0 Å². The average molecular weight is 323 g/mol. The normalized spacial score (nSPS) is 11.1. The largest absolute Gasteiger partial charge is 0.493 e. The van der Waals surface area contributed by atoms with Crippen molar-refractivity contribution in [2.75, 3.05) is 38.8 Å². The highest BCUT2D eigenvalue weighted by molar-refractivity contribution is 7.99. The molecule has 0 heterocycles. The molecule has 122 valence electrons. The maximum Gasteiger partial charge on any atom is 0.188 e. The van der Waals surface area contributed by atoms with Crippen molar-refractivity contribution in [1.29, 1.82) is 0 Å². The minimum atomic E-state index is 0.486. The number of nitrogens with one attached hydrogen (secondary N) is 1. The number of benzene rings is 1. The lowest BCUT2D eigenvalue weighted by molar-refractivity contribution is 0.354. The number of methoxy groups -OCH3 is 2. The molecule has 0 radical (unpaired) electrons. The molecule has 0 aromatic heterocycles. The van der Waals surface area contributed by atoms with Gasteiger partial charge in [-0.25, -0.2) is 0 Å². The van der Waals surface area contributed by atoms with E-state index < -0.39 is 0 Å². The first-order valence-corrected chi connectivity index (χ1v) is 8.30. The van der Waals surface area contributed by atoms with E-state index in [0.29, 0.717) is 12.5 Å². The lowest BCUT2D eigenvalue weighted by atomic mass is 10.1. The Kier molecular flexibility index (Phi) is 8.98. The van der Waals surface area contributed by atoms with Gasteiger partial charge in [-0.2, -0.15) is 11.8 Å². The number of aliphatic imine (C=N–C) groups is 1. The number of thioether (sulfide) groups is 1. The zero-order chi connectivity index (χ0) is 16.2. The van der Waals surface area contributed by atoms with Crippen molar-refractivity contribution in [2.45, 2.75) is 6.42 Å². The van der Waals surface area contributed by atoms with Gasteiger partial charge in [-0.15, -0.1) is 6.58 Å². The standard InChI is InChI=1S/C16H25N3O2S/c1-4-10-22-11-9-19-16(17)18-8-7-13-5-6-14(20-2)15(12-13)21-3/h4-6,12H,1,7-11H2,2-3H3,(H3,17,18,19). The van der Waals surface area contributed by atoms with Gasteiger partial charge in [-0.05, 0) is 24.1 Å². The van der Waals surface area contributed by atoms with Crippen LogP contribution in [-0.2, 0) is 6.42 Å². The summed E-state index contributed by atoms with van der Waals surface area (Å²) in [6.45, 7) is 5.12. The second-order valence-corrected chi connectivity index (χ2v) is 5.65. The fourth-order valence-electron chi connectivity index (χ4n) is 1.82. The molecule has 1 aromatic rings. The Morgan fingerprint density at radius 3 is 2.82 bits per heavy atom. The Balaban J connectivity index is 2.34. The van der Waals surface area contributed by atoms with Gasteiger partial charge in [0.1, 0.15) is 0 Å². The SMILES string of the molecule is C=CCSCCN=C(N)NCCc1ccc(OC)c(OC)c1. The van der Waals surface area contributed by atoms with Gasteiger partial charge in [0.15, 0.2) is 17.5 Å². The van der Waals surface area contributed by atoms with Crippen LogP contribution < -0.4 is 20.5 Å². The summed E-state index contributed by atoms with van der Waals surface area (Å²) in [5, 5.41) is 3.11. The summed E-state index contributed by atoms with van der Waals surface area (Å²) in [5.41, 5.74) is 6.97. The fraction of sp³-hybridized carbons (Fsp3) is 0.438. The average Bonchev–Trinajstić information content (AvgIpc) is 2.54. The number of guanidine groups is 1. The first-order valence-electron chi connectivity index (χ1n) is 7.14. The zero-order valence-corrected chi connectivity index (χ0v) is 14.1. The molecule has 3 N–H and O–H groups in total. The van der Waals surface area contributed by atoms with E-state index in [9.17, 15) is 0 Å². The molecular weight excluding hydrogens is 298 g/mol. The van der Waals surface area contributed by atoms with Crippen LogP contribution in [0.4, 0.5) is 0 Å². The molecule has 0 bridgehead atoms. The van der Waals surface area contributed by atoms with Crippen molar-refractivity contribution < 1.29 is 9.47 Å². The number of hydrogen-bond donors (Lipinski definition) is 2. The van der Waals surface area contributed by atoms with Gasteiger partial charge in [0.2, 0.25) is 0 Å². The number of nitrogens with two attached hydrogens (primary N) is 1. The molecule has 1 aromatic carbocycles. The van der Waals surface area contributed by atoms with E-state index in [1.165, 1.54) is 0 Å². The molecule has 0 aliphatic heterocycles. The fourth-order valence-corrected chi connectivity index (χ4v) is 2.38. The van der Waals surface area contributed by atoms with E-state index in [1.807, 2.05) is 24.3 Å². The van der Waals surface area contributed by atoms with Crippen LogP contribution in [0.5, 0.6) is 11.5 Å². The summed E-state index contributed by atoms with van der Waals surface area (Å²) in [7, 11) is 3.26. The van der Waals surface area contributed by atoms with Crippen LogP contribution in [0.25, 0.3) is 0 Å². The third-order valence-electron chi connectivity index (χ3n) is 2.92. The Morgan fingerprint density at radius 2 is 2.14 bits per heavy atom. The van der Waals surface area contributed by atoms with E-state index in [1.54, 1.807) is 26.0 Å². The maximum atomic E-state index is 5.82. The summed E-state index contributed by atoms with van der Waals surface area (Å²) in [6.07, 6.45) is 2.72. The van der Waals surface area contributed by atoms with Crippen molar-refractivity contribution in [3.05, 3.63) is 36.4 Å². The van der Waals surface area contributed by atoms with Crippen molar-refractivity contribution >= 4 is 17.7 Å². The van der Waals surface area contributed by atoms with Crippen LogP contribution >= 0.6 is 11.8 Å². The Labute approximate surface area is 137 Å². The van der Waals surface area contributed by atoms with Crippen LogP contribution in [0.1, 0.15) is 5.56 Å². The van der Waals surface area contributed by atoms with Crippen molar-refractivity contribution in [3.8, 4) is 11.5 Å². The zero-order valence-electron chi connectivity index (χ0n) is 13.3. The quantitative estimate of drug-likeness (QED) is 0.299.